The van der Waals surface area contributed by atoms with Gasteiger partial charge in [0.2, 0.25) is 5.91 Å². The Morgan fingerprint density at radius 1 is 1.89 bits per heavy atom. The summed E-state index contributed by atoms with van der Waals surface area (Å²) in [7, 11) is 0. The number of carbonyl (C=O) groups is 2. The van der Waals surface area contributed by atoms with Crippen LogP contribution in [-0.2, 0) is 9.59 Å². The molecule has 1 saturated heterocycles. The Morgan fingerprint density at radius 2 is 2.56 bits per heavy atom. The highest BCUT2D eigenvalue weighted by Gasteiger charge is 2.31. The first-order valence-electron chi connectivity index (χ1n) is 2.36. The Hall–Kier alpha value is -0.710. The van der Waals surface area contributed by atoms with Gasteiger partial charge in [-0.25, -0.2) is 0 Å². The number of hydrogen-bond donors (Lipinski definition) is 2. The van der Waals surface area contributed by atoms with E-state index >= 15 is 0 Å². The molecule has 1 unspecified atom stereocenters. The molecule has 0 bridgehead atoms. The van der Waals surface area contributed by atoms with Gasteiger partial charge in [-0.3, -0.25) is 14.3 Å². The zero-order valence-corrected chi connectivity index (χ0v) is 5.27. The molecule has 2 N–H and O–H groups in total. The van der Waals surface area contributed by atoms with E-state index in [-0.39, 0.29) is 0 Å². The third-order valence-corrected chi connectivity index (χ3v) is 1.88. The molecular formula is C4H5NO3S. The van der Waals surface area contributed by atoms with Crippen molar-refractivity contribution in [2.75, 3.05) is 5.75 Å². The van der Waals surface area contributed by atoms with Gasteiger partial charge in [0, 0.05) is 5.75 Å². The van der Waals surface area contributed by atoms with Crippen molar-refractivity contribution in [2.24, 2.45) is 5.92 Å². The molecule has 0 aromatic heterocycles. The summed E-state index contributed by atoms with van der Waals surface area (Å²) in [6.07, 6.45) is 0. The quantitative estimate of drug-likeness (QED) is 0.386. The lowest BCUT2D eigenvalue weighted by molar-refractivity contribution is -0.144. The van der Waals surface area contributed by atoms with E-state index < -0.39 is 17.8 Å². The van der Waals surface area contributed by atoms with Crippen molar-refractivity contribution in [2.45, 2.75) is 0 Å². The van der Waals surface area contributed by atoms with Crippen LogP contribution in [0.1, 0.15) is 0 Å². The molecule has 9 heavy (non-hydrogen) atoms. The van der Waals surface area contributed by atoms with Crippen LogP contribution < -0.4 is 4.72 Å². The predicted molar refractivity (Wildman–Crippen MR) is 31.7 cm³/mol. The van der Waals surface area contributed by atoms with Crippen LogP contribution >= 0.6 is 11.9 Å². The van der Waals surface area contributed by atoms with Gasteiger partial charge in [0.15, 0.2) is 0 Å². The minimum absolute atomic E-state index is 0.341. The molecule has 1 aliphatic rings. The third kappa shape index (κ3) is 1.16. The molecule has 0 aromatic carbocycles. The Morgan fingerprint density at radius 3 is 2.78 bits per heavy atom. The standard InChI is InChI=1S/C4H5NO3S/c6-3-2(4(7)8)1-9-5-3/h2H,1H2,(H,5,6)(H,7,8). The van der Waals surface area contributed by atoms with Gasteiger partial charge < -0.3 is 5.11 Å². The molecule has 1 aliphatic heterocycles. The number of carbonyl (C=O) groups excluding carboxylic acids is 1. The molecule has 0 aromatic rings. The van der Waals surface area contributed by atoms with E-state index in [1.165, 1.54) is 0 Å². The van der Waals surface area contributed by atoms with Crippen LogP contribution in [0.2, 0.25) is 0 Å². The molecular weight excluding hydrogens is 142 g/mol. The molecule has 50 valence electrons. The number of nitrogens with one attached hydrogen (secondary N) is 1. The zero-order chi connectivity index (χ0) is 6.85. The van der Waals surface area contributed by atoms with Crippen LogP contribution in [0.25, 0.3) is 0 Å². The maximum Gasteiger partial charge on any atom is 0.317 e. The summed E-state index contributed by atoms with van der Waals surface area (Å²) >= 11 is 1.14. The number of aliphatic carboxylic acids is 1. The third-order valence-electron chi connectivity index (χ3n) is 1.04. The monoisotopic (exact) mass is 147 g/mol. The van der Waals surface area contributed by atoms with Crippen molar-refractivity contribution < 1.29 is 14.7 Å². The second-order valence-corrected chi connectivity index (χ2v) is 2.49. The summed E-state index contributed by atoms with van der Waals surface area (Å²) in [5, 5.41) is 8.31. The molecule has 1 atom stereocenters. The molecule has 1 amide bonds. The fourth-order valence-electron chi connectivity index (χ4n) is 0.526. The smallest absolute Gasteiger partial charge is 0.317 e. The van der Waals surface area contributed by atoms with Crippen LogP contribution in [0.5, 0.6) is 0 Å². The summed E-state index contributed by atoms with van der Waals surface area (Å²) in [5.74, 6) is -1.94. The normalized spacial score (nSPS) is 25.8. The summed E-state index contributed by atoms with van der Waals surface area (Å²) in [5.41, 5.74) is 0. The fraction of sp³-hybridized carbons (Fsp3) is 0.500. The Kier molecular flexibility index (Phi) is 1.61. The molecule has 1 heterocycles. The van der Waals surface area contributed by atoms with Gasteiger partial charge in [-0.1, -0.05) is 0 Å². The van der Waals surface area contributed by atoms with Crippen LogP contribution in [0.15, 0.2) is 0 Å². The summed E-state index contributed by atoms with van der Waals surface area (Å²) in [4.78, 5) is 20.6. The number of carboxylic acids is 1. The van der Waals surface area contributed by atoms with Crippen molar-refractivity contribution in [3.63, 3.8) is 0 Å². The Balaban J connectivity index is 2.60. The van der Waals surface area contributed by atoms with E-state index in [0.717, 1.165) is 11.9 Å². The van der Waals surface area contributed by atoms with E-state index in [9.17, 15) is 9.59 Å². The van der Waals surface area contributed by atoms with Crippen LogP contribution in [-0.4, -0.2) is 22.7 Å². The van der Waals surface area contributed by atoms with E-state index in [4.69, 9.17) is 5.11 Å². The van der Waals surface area contributed by atoms with E-state index in [2.05, 4.69) is 4.72 Å². The van der Waals surface area contributed by atoms with Crippen LogP contribution in [0.4, 0.5) is 0 Å². The minimum Gasteiger partial charge on any atom is -0.481 e. The molecule has 4 nitrogen and oxygen atoms in total. The number of carboxylic acid groups (broad SMARTS) is 1. The van der Waals surface area contributed by atoms with Gasteiger partial charge in [0.25, 0.3) is 0 Å². The SMILES string of the molecule is O=C(O)C1CSNC1=O. The number of hydrogen-bond acceptors (Lipinski definition) is 3. The molecule has 0 saturated carbocycles. The molecule has 5 heteroatoms. The van der Waals surface area contributed by atoms with E-state index in [0.29, 0.717) is 5.75 Å². The second-order valence-electron chi connectivity index (χ2n) is 1.67. The number of amides is 1. The second kappa shape index (κ2) is 2.26. The first-order chi connectivity index (χ1) is 4.22. The van der Waals surface area contributed by atoms with Crippen LogP contribution in [0, 0.1) is 5.92 Å². The van der Waals surface area contributed by atoms with E-state index in [1.54, 1.807) is 0 Å². The van der Waals surface area contributed by atoms with Gasteiger partial charge in [-0.15, -0.1) is 0 Å². The maximum atomic E-state index is 10.5. The van der Waals surface area contributed by atoms with Crippen molar-refractivity contribution in [3.05, 3.63) is 0 Å². The molecule has 0 aliphatic carbocycles. The summed E-state index contributed by atoms with van der Waals surface area (Å²) < 4.78 is 2.35. The molecule has 0 spiro atoms. The average molecular weight is 147 g/mol. The van der Waals surface area contributed by atoms with Crippen molar-refractivity contribution in [1.82, 2.24) is 4.72 Å². The minimum atomic E-state index is -1.04. The molecule has 0 radical (unpaired) electrons. The fourth-order valence-corrected chi connectivity index (χ4v) is 1.35. The number of rotatable bonds is 1. The van der Waals surface area contributed by atoms with Gasteiger partial charge in [0.1, 0.15) is 5.92 Å². The lowest BCUT2D eigenvalue weighted by Gasteiger charge is -1.94. The van der Waals surface area contributed by atoms with Crippen molar-refractivity contribution in [1.29, 1.82) is 0 Å². The summed E-state index contributed by atoms with van der Waals surface area (Å²) in [6, 6.07) is 0. The lowest BCUT2D eigenvalue weighted by Crippen LogP contribution is -2.25. The summed E-state index contributed by atoms with van der Waals surface area (Å²) in [6.45, 7) is 0. The lowest BCUT2D eigenvalue weighted by atomic mass is 10.2. The van der Waals surface area contributed by atoms with Crippen molar-refractivity contribution >= 4 is 23.8 Å². The van der Waals surface area contributed by atoms with Gasteiger partial charge in [-0.2, -0.15) is 0 Å². The Bertz CT molecular complexity index is 158. The molecule has 1 fully saturated rings. The first kappa shape index (κ1) is 6.41. The van der Waals surface area contributed by atoms with Crippen molar-refractivity contribution in [3.8, 4) is 0 Å². The maximum absolute atomic E-state index is 10.5. The Labute approximate surface area is 55.8 Å². The zero-order valence-electron chi connectivity index (χ0n) is 4.46. The average Bonchev–Trinajstić information content (AvgIpc) is 2.13. The van der Waals surface area contributed by atoms with Gasteiger partial charge in [-0.05, 0) is 11.9 Å². The first-order valence-corrected chi connectivity index (χ1v) is 3.35. The largest absolute Gasteiger partial charge is 0.481 e. The topological polar surface area (TPSA) is 66.4 Å². The molecule has 1 rings (SSSR count). The van der Waals surface area contributed by atoms with Gasteiger partial charge in [0.05, 0.1) is 0 Å². The highest BCUT2D eigenvalue weighted by molar-refractivity contribution is 7.98. The predicted octanol–water partition coefficient (Wildman–Crippen LogP) is -0.535. The highest BCUT2D eigenvalue weighted by atomic mass is 32.2. The highest BCUT2D eigenvalue weighted by Crippen LogP contribution is 2.14. The van der Waals surface area contributed by atoms with Crippen LogP contribution in [0.3, 0.4) is 0 Å². The van der Waals surface area contributed by atoms with Gasteiger partial charge >= 0.3 is 5.97 Å². The van der Waals surface area contributed by atoms with E-state index in [1.807, 2.05) is 0 Å².